The van der Waals surface area contributed by atoms with Gasteiger partial charge in [0.2, 0.25) is 0 Å². The molecule has 2 rings (SSSR count). The van der Waals surface area contributed by atoms with E-state index in [2.05, 4.69) is 36.3 Å². The van der Waals surface area contributed by atoms with Crippen LogP contribution in [0.1, 0.15) is 39.5 Å². The predicted octanol–water partition coefficient (Wildman–Crippen LogP) is 3.73. The van der Waals surface area contributed by atoms with Crippen molar-refractivity contribution in [1.82, 2.24) is 10.3 Å². The molecular formula is C15H24N2S. The van der Waals surface area contributed by atoms with Crippen molar-refractivity contribution in [3.63, 3.8) is 0 Å². The Hall–Kier alpha value is -0.540. The molecule has 3 atom stereocenters. The van der Waals surface area contributed by atoms with Crippen molar-refractivity contribution >= 4 is 11.8 Å². The van der Waals surface area contributed by atoms with Gasteiger partial charge in [0.25, 0.3) is 0 Å². The Morgan fingerprint density at radius 2 is 2.06 bits per heavy atom. The number of hydrogen-bond donors (Lipinski definition) is 1. The molecule has 18 heavy (non-hydrogen) atoms. The van der Waals surface area contributed by atoms with Gasteiger partial charge in [-0.05, 0) is 43.9 Å². The minimum atomic E-state index is 0.677. The summed E-state index contributed by atoms with van der Waals surface area (Å²) in [7, 11) is 0. The summed E-state index contributed by atoms with van der Waals surface area (Å²) < 4.78 is 0. The van der Waals surface area contributed by atoms with Crippen LogP contribution >= 0.6 is 11.8 Å². The second-order valence-corrected chi connectivity index (χ2v) is 6.40. The lowest BCUT2D eigenvalue weighted by molar-refractivity contribution is 0.298. The van der Waals surface area contributed by atoms with Crippen molar-refractivity contribution in [2.75, 3.05) is 6.54 Å². The van der Waals surface area contributed by atoms with Gasteiger partial charge in [0.15, 0.2) is 0 Å². The lowest BCUT2D eigenvalue weighted by atomic mass is 9.84. The zero-order valence-electron chi connectivity index (χ0n) is 11.4. The molecule has 1 saturated carbocycles. The molecule has 1 heterocycles. The lowest BCUT2D eigenvalue weighted by Gasteiger charge is -2.36. The molecule has 1 aromatic rings. The highest BCUT2D eigenvalue weighted by atomic mass is 32.2. The Bertz CT molecular complexity index is 342. The number of thioether (sulfide) groups is 1. The van der Waals surface area contributed by atoms with E-state index in [0.29, 0.717) is 11.3 Å². The van der Waals surface area contributed by atoms with Gasteiger partial charge in [-0.1, -0.05) is 20.3 Å². The average Bonchev–Trinajstić information content (AvgIpc) is 2.42. The number of nitrogens with one attached hydrogen (secondary N) is 1. The maximum Gasteiger partial charge on any atom is 0.0278 e. The largest absolute Gasteiger partial charge is 0.313 e. The normalized spacial score (nSPS) is 28.2. The van der Waals surface area contributed by atoms with Gasteiger partial charge in [0.05, 0.1) is 0 Å². The van der Waals surface area contributed by atoms with Gasteiger partial charge in [-0.25, -0.2) is 0 Å². The molecule has 0 spiro atoms. The van der Waals surface area contributed by atoms with Crippen LogP contribution in [-0.2, 0) is 0 Å². The fourth-order valence-electron chi connectivity index (χ4n) is 2.80. The number of rotatable bonds is 5. The molecule has 3 unspecified atom stereocenters. The van der Waals surface area contributed by atoms with Crippen LogP contribution in [0.4, 0.5) is 0 Å². The van der Waals surface area contributed by atoms with E-state index in [-0.39, 0.29) is 0 Å². The molecule has 1 aliphatic rings. The Morgan fingerprint density at radius 3 is 2.72 bits per heavy atom. The number of aromatic nitrogens is 1. The number of pyridine rings is 1. The molecule has 0 aromatic carbocycles. The van der Waals surface area contributed by atoms with Gasteiger partial charge in [-0.2, -0.15) is 0 Å². The maximum atomic E-state index is 4.10. The van der Waals surface area contributed by atoms with E-state index in [1.165, 1.54) is 30.6 Å². The highest BCUT2D eigenvalue weighted by Crippen LogP contribution is 2.37. The van der Waals surface area contributed by atoms with E-state index in [9.17, 15) is 0 Å². The summed E-state index contributed by atoms with van der Waals surface area (Å²) >= 11 is 2.03. The first kappa shape index (κ1) is 13.9. The van der Waals surface area contributed by atoms with Crippen molar-refractivity contribution < 1.29 is 0 Å². The molecule has 3 heteroatoms. The quantitative estimate of drug-likeness (QED) is 0.877. The van der Waals surface area contributed by atoms with Crippen LogP contribution in [0.2, 0.25) is 0 Å². The van der Waals surface area contributed by atoms with Crippen LogP contribution in [0.3, 0.4) is 0 Å². The van der Waals surface area contributed by atoms with Crippen LogP contribution in [0.25, 0.3) is 0 Å². The van der Waals surface area contributed by atoms with E-state index < -0.39 is 0 Å². The van der Waals surface area contributed by atoms with Gasteiger partial charge in [0, 0.05) is 28.6 Å². The second kappa shape index (κ2) is 7.15. The van der Waals surface area contributed by atoms with Crippen LogP contribution in [-0.4, -0.2) is 22.8 Å². The molecular weight excluding hydrogens is 240 g/mol. The third kappa shape index (κ3) is 3.72. The Kier molecular flexibility index (Phi) is 5.51. The number of nitrogens with zero attached hydrogens (tertiary/aromatic N) is 1. The van der Waals surface area contributed by atoms with Crippen molar-refractivity contribution in [3.8, 4) is 0 Å². The molecule has 0 saturated heterocycles. The van der Waals surface area contributed by atoms with E-state index in [4.69, 9.17) is 0 Å². The zero-order valence-corrected chi connectivity index (χ0v) is 12.2. The third-order valence-corrected chi connectivity index (χ3v) is 5.25. The SMILES string of the molecule is CCNC1CCC(CC)CC1Sc1ccncc1. The van der Waals surface area contributed by atoms with Crippen molar-refractivity contribution in [2.45, 2.75) is 55.7 Å². The third-order valence-electron chi connectivity index (χ3n) is 3.88. The minimum Gasteiger partial charge on any atom is -0.313 e. The molecule has 1 aromatic heterocycles. The summed E-state index contributed by atoms with van der Waals surface area (Å²) in [4.78, 5) is 5.45. The smallest absolute Gasteiger partial charge is 0.0278 e. The van der Waals surface area contributed by atoms with E-state index >= 15 is 0 Å². The van der Waals surface area contributed by atoms with Gasteiger partial charge in [0.1, 0.15) is 0 Å². The molecule has 0 amide bonds. The highest BCUT2D eigenvalue weighted by Gasteiger charge is 2.29. The van der Waals surface area contributed by atoms with Crippen molar-refractivity contribution in [2.24, 2.45) is 5.92 Å². The van der Waals surface area contributed by atoms with Gasteiger partial charge in [-0.3, -0.25) is 4.98 Å². The monoisotopic (exact) mass is 264 g/mol. The molecule has 1 fully saturated rings. The van der Waals surface area contributed by atoms with Gasteiger partial charge in [-0.15, -0.1) is 11.8 Å². The molecule has 0 aliphatic heterocycles. The van der Waals surface area contributed by atoms with E-state index in [1.54, 1.807) is 0 Å². The molecule has 0 bridgehead atoms. The average molecular weight is 264 g/mol. The van der Waals surface area contributed by atoms with E-state index in [0.717, 1.165) is 12.5 Å². The first-order valence-corrected chi connectivity index (χ1v) is 8.01. The maximum absolute atomic E-state index is 4.10. The topological polar surface area (TPSA) is 24.9 Å². The minimum absolute atomic E-state index is 0.677. The molecule has 0 radical (unpaired) electrons. The molecule has 2 nitrogen and oxygen atoms in total. The Morgan fingerprint density at radius 1 is 1.28 bits per heavy atom. The van der Waals surface area contributed by atoms with E-state index in [1.807, 2.05) is 24.2 Å². The summed E-state index contributed by atoms with van der Waals surface area (Å²) in [6.45, 7) is 5.61. The first-order valence-electron chi connectivity index (χ1n) is 7.13. The fourth-order valence-corrected chi connectivity index (χ4v) is 4.19. The van der Waals surface area contributed by atoms with Crippen LogP contribution < -0.4 is 5.32 Å². The molecule has 100 valence electrons. The summed E-state index contributed by atoms with van der Waals surface area (Å²) in [5, 5.41) is 4.38. The van der Waals surface area contributed by atoms with Gasteiger partial charge < -0.3 is 5.32 Å². The van der Waals surface area contributed by atoms with Crippen LogP contribution in [0.15, 0.2) is 29.4 Å². The van der Waals surface area contributed by atoms with Crippen molar-refractivity contribution in [1.29, 1.82) is 0 Å². The zero-order chi connectivity index (χ0) is 12.8. The Balaban J connectivity index is 2.00. The first-order chi connectivity index (χ1) is 8.83. The summed E-state index contributed by atoms with van der Waals surface area (Å²) in [6.07, 6.45) is 9.18. The molecule has 1 aliphatic carbocycles. The lowest BCUT2D eigenvalue weighted by Crippen LogP contribution is -2.42. The standard InChI is InChI=1S/C15H24N2S/c1-3-12-5-6-14(17-4-2)15(11-12)18-13-7-9-16-10-8-13/h7-10,12,14-15,17H,3-6,11H2,1-2H3. The summed E-state index contributed by atoms with van der Waals surface area (Å²) in [5.74, 6) is 0.916. The summed E-state index contributed by atoms with van der Waals surface area (Å²) in [5.41, 5.74) is 0. The number of hydrogen-bond acceptors (Lipinski definition) is 3. The van der Waals surface area contributed by atoms with Crippen molar-refractivity contribution in [3.05, 3.63) is 24.5 Å². The second-order valence-electron chi connectivity index (χ2n) is 5.09. The van der Waals surface area contributed by atoms with Crippen LogP contribution in [0, 0.1) is 5.92 Å². The fraction of sp³-hybridized carbons (Fsp3) is 0.667. The van der Waals surface area contributed by atoms with Crippen LogP contribution in [0.5, 0.6) is 0 Å². The molecule has 1 N–H and O–H groups in total. The van der Waals surface area contributed by atoms with Gasteiger partial charge >= 0.3 is 0 Å². The highest BCUT2D eigenvalue weighted by molar-refractivity contribution is 8.00. The predicted molar refractivity (Wildman–Crippen MR) is 79.0 cm³/mol. The summed E-state index contributed by atoms with van der Waals surface area (Å²) in [6, 6.07) is 4.93. The Labute approximate surface area is 115 Å².